The zero-order valence-electron chi connectivity index (χ0n) is 10.5. The predicted molar refractivity (Wildman–Crippen MR) is 70.0 cm³/mol. The summed E-state index contributed by atoms with van der Waals surface area (Å²) in [6, 6.07) is 0. The van der Waals surface area contributed by atoms with Crippen LogP contribution in [0.1, 0.15) is 43.3 Å². The SMILES string of the molecule is Cc1csc(C2CCNCC2CC(C)C)n1. The summed E-state index contributed by atoms with van der Waals surface area (Å²) in [7, 11) is 0. The molecular formula is C13H22N2S. The molecule has 1 saturated heterocycles. The molecule has 90 valence electrons. The minimum atomic E-state index is 0.697. The molecule has 0 aliphatic carbocycles. The monoisotopic (exact) mass is 238 g/mol. The van der Waals surface area contributed by atoms with E-state index in [0.29, 0.717) is 5.92 Å². The summed E-state index contributed by atoms with van der Waals surface area (Å²) in [5, 5.41) is 7.07. The minimum Gasteiger partial charge on any atom is -0.316 e. The Morgan fingerprint density at radius 3 is 3.00 bits per heavy atom. The fourth-order valence-corrected chi connectivity index (χ4v) is 3.67. The van der Waals surface area contributed by atoms with Gasteiger partial charge in [-0.1, -0.05) is 13.8 Å². The van der Waals surface area contributed by atoms with Gasteiger partial charge in [-0.15, -0.1) is 11.3 Å². The first kappa shape index (κ1) is 12.1. The number of hydrogen-bond donors (Lipinski definition) is 1. The van der Waals surface area contributed by atoms with Crippen molar-refractivity contribution >= 4 is 11.3 Å². The maximum Gasteiger partial charge on any atom is 0.0962 e. The van der Waals surface area contributed by atoms with Gasteiger partial charge in [-0.3, -0.25) is 0 Å². The normalized spacial score (nSPS) is 26.2. The lowest BCUT2D eigenvalue weighted by atomic mass is 9.81. The van der Waals surface area contributed by atoms with Gasteiger partial charge < -0.3 is 5.32 Å². The van der Waals surface area contributed by atoms with Crippen LogP contribution in [-0.4, -0.2) is 18.1 Å². The van der Waals surface area contributed by atoms with E-state index >= 15 is 0 Å². The molecule has 2 heterocycles. The number of aryl methyl sites for hydroxylation is 1. The van der Waals surface area contributed by atoms with Crippen LogP contribution in [0.3, 0.4) is 0 Å². The van der Waals surface area contributed by atoms with E-state index in [4.69, 9.17) is 0 Å². The van der Waals surface area contributed by atoms with Gasteiger partial charge in [0.15, 0.2) is 0 Å². The van der Waals surface area contributed by atoms with Crippen molar-refractivity contribution in [3.8, 4) is 0 Å². The Hall–Kier alpha value is -0.410. The highest BCUT2D eigenvalue weighted by atomic mass is 32.1. The largest absolute Gasteiger partial charge is 0.316 e. The van der Waals surface area contributed by atoms with Crippen molar-refractivity contribution < 1.29 is 0 Å². The summed E-state index contributed by atoms with van der Waals surface area (Å²) in [6.45, 7) is 9.05. The maximum atomic E-state index is 4.68. The average molecular weight is 238 g/mol. The molecule has 0 bridgehead atoms. The highest BCUT2D eigenvalue weighted by Crippen LogP contribution is 2.35. The van der Waals surface area contributed by atoms with E-state index in [0.717, 1.165) is 18.4 Å². The topological polar surface area (TPSA) is 24.9 Å². The van der Waals surface area contributed by atoms with Crippen molar-refractivity contribution in [1.82, 2.24) is 10.3 Å². The van der Waals surface area contributed by atoms with Crippen molar-refractivity contribution in [1.29, 1.82) is 0 Å². The zero-order valence-corrected chi connectivity index (χ0v) is 11.3. The Labute approximate surface area is 102 Å². The first-order chi connectivity index (χ1) is 7.66. The number of rotatable bonds is 3. The average Bonchev–Trinajstić information content (AvgIpc) is 2.65. The second-order valence-electron chi connectivity index (χ2n) is 5.32. The first-order valence-corrected chi connectivity index (χ1v) is 7.17. The Balaban J connectivity index is 2.10. The molecule has 1 fully saturated rings. The molecule has 0 saturated carbocycles. The number of nitrogens with one attached hydrogen (secondary N) is 1. The van der Waals surface area contributed by atoms with Gasteiger partial charge in [0.05, 0.1) is 5.01 Å². The van der Waals surface area contributed by atoms with E-state index in [1.165, 1.54) is 30.1 Å². The third kappa shape index (κ3) is 2.83. The van der Waals surface area contributed by atoms with Crippen LogP contribution in [0, 0.1) is 18.8 Å². The molecule has 2 unspecified atom stereocenters. The molecule has 0 amide bonds. The smallest absolute Gasteiger partial charge is 0.0962 e. The number of nitrogens with zero attached hydrogens (tertiary/aromatic N) is 1. The summed E-state index contributed by atoms with van der Waals surface area (Å²) in [5.74, 6) is 2.26. The Bertz CT molecular complexity index is 332. The highest BCUT2D eigenvalue weighted by Gasteiger charge is 2.28. The molecule has 1 aromatic heterocycles. The molecular weight excluding hydrogens is 216 g/mol. The third-order valence-electron chi connectivity index (χ3n) is 3.34. The Kier molecular flexibility index (Phi) is 3.98. The molecule has 1 N–H and O–H groups in total. The van der Waals surface area contributed by atoms with E-state index in [9.17, 15) is 0 Å². The lowest BCUT2D eigenvalue weighted by molar-refractivity contribution is 0.279. The van der Waals surface area contributed by atoms with E-state index in [1.807, 2.05) is 11.3 Å². The van der Waals surface area contributed by atoms with Crippen LogP contribution in [0.2, 0.25) is 0 Å². The van der Waals surface area contributed by atoms with Crippen molar-refractivity contribution in [2.24, 2.45) is 11.8 Å². The Morgan fingerprint density at radius 2 is 2.38 bits per heavy atom. The number of aromatic nitrogens is 1. The van der Waals surface area contributed by atoms with Crippen LogP contribution >= 0.6 is 11.3 Å². The molecule has 0 spiro atoms. The van der Waals surface area contributed by atoms with Crippen LogP contribution in [0.15, 0.2) is 5.38 Å². The summed E-state index contributed by atoms with van der Waals surface area (Å²) >= 11 is 1.85. The Morgan fingerprint density at radius 1 is 1.56 bits per heavy atom. The second-order valence-corrected chi connectivity index (χ2v) is 6.21. The highest BCUT2D eigenvalue weighted by molar-refractivity contribution is 7.09. The number of thiazole rings is 1. The van der Waals surface area contributed by atoms with Gasteiger partial charge in [0, 0.05) is 17.0 Å². The second kappa shape index (κ2) is 5.28. The van der Waals surface area contributed by atoms with Gasteiger partial charge in [0.1, 0.15) is 0 Å². The third-order valence-corrected chi connectivity index (χ3v) is 4.43. The van der Waals surface area contributed by atoms with Crippen molar-refractivity contribution in [3.05, 3.63) is 16.1 Å². The zero-order chi connectivity index (χ0) is 11.5. The molecule has 1 aliphatic heterocycles. The lowest BCUT2D eigenvalue weighted by Gasteiger charge is -2.32. The van der Waals surface area contributed by atoms with Crippen LogP contribution in [0.4, 0.5) is 0 Å². The van der Waals surface area contributed by atoms with Crippen molar-refractivity contribution in [2.75, 3.05) is 13.1 Å². The fourth-order valence-electron chi connectivity index (χ4n) is 2.64. The van der Waals surface area contributed by atoms with E-state index < -0.39 is 0 Å². The van der Waals surface area contributed by atoms with Crippen molar-refractivity contribution in [2.45, 2.75) is 39.5 Å². The minimum absolute atomic E-state index is 0.697. The molecule has 3 heteroatoms. The van der Waals surface area contributed by atoms with E-state index in [1.54, 1.807) is 0 Å². The van der Waals surface area contributed by atoms with Crippen LogP contribution in [0.5, 0.6) is 0 Å². The molecule has 1 aliphatic rings. The van der Waals surface area contributed by atoms with Gasteiger partial charge >= 0.3 is 0 Å². The maximum absolute atomic E-state index is 4.68. The quantitative estimate of drug-likeness (QED) is 0.875. The van der Waals surface area contributed by atoms with Crippen molar-refractivity contribution in [3.63, 3.8) is 0 Å². The summed E-state index contributed by atoms with van der Waals surface area (Å²) in [6.07, 6.45) is 2.57. The van der Waals surface area contributed by atoms with Gasteiger partial charge in [-0.05, 0) is 44.7 Å². The molecule has 0 aromatic carbocycles. The van der Waals surface area contributed by atoms with Crippen LogP contribution in [-0.2, 0) is 0 Å². The summed E-state index contributed by atoms with van der Waals surface area (Å²) in [5.41, 5.74) is 1.18. The molecule has 2 rings (SSSR count). The number of piperidine rings is 1. The molecule has 2 atom stereocenters. The van der Waals surface area contributed by atoms with Gasteiger partial charge in [-0.2, -0.15) is 0 Å². The predicted octanol–water partition coefficient (Wildman–Crippen LogP) is 3.19. The van der Waals surface area contributed by atoms with E-state index in [-0.39, 0.29) is 0 Å². The van der Waals surface area contributed by atoms with E-state index in [2.05, 4.69) is 36.5 Å². The van der Waals surface area contributed by atoms with Crippen LogP contribution < -0.4 is 5.32 Å². The first-order valence-electron chi connectivity index (χ1n) is 6.29. The molecule has 0 radical (unpaired) electrons. The summed E-state index contributed by atoms with van der Waals surface area (Å²) in [4.78, 5) is 4.68. The fraction of sp³-hybridized carbons (Fsp3) is 0.769. The molecule has 2 nitrogen and oxygen atoms in total. The molecule has 16 heavy (non-hydrogen) atoms. The molecule has 1 aromatic rings. The van der Waals surface area contributed by atoms with Gasteiger partial charge in [0.25, 0.3) is 0 Å². The van der Waals surface area contributed by atoms with Gasteiger partial charge in [-0.25, -0.2) is 4.98 Å². The lowest BCUT2D eigenvalue weighted by Crippen LogP contribution is -2.36. The summed E-state index contributed by atoms with van der Waals surface area (Å²) < 4.78 is 0. The number of hydrogen-bond acceptors (Lipinski definition) is 3. The standard InChI is InChI=1S/C13H22N2S/c1-9(2)6-11-7-14-5-4-12(11)13-15-10(3)8-16-13/h8-9,11-12,14H,4-7H2,1-3H3. The van der Waals surface area contributed by atoms with Gasteiger partial charge in [0.2, 0.25) is 0 Å². The van der Waals surface area contributed by atoms with Crippen LogP contribution in [0.25, 0.3) is 0 Å².